The van der Waals surface area contributed by atoms with E-state index in [9.17, 15) is 13.2 Å². The van der Waals surface area contributed by atoms with Crippen LogP contribution in [0.5, 0.6) is 0 Å². The quantitative estimate of drug-likeness (QED) is 0.867. The summed E-state index contributed by atoms with van der Waals surface area (Å²) in [6.45, 7) is 12.6. The molecule has 1 aromatic carbocycles. The third kappa shape index (κ3) is 4.82. The molecule has 0 aliphatic carbocycles. The van der Waals surface area contributed by atoms with Gasteiger partial charge in [0.2, 0.25) is 15.9 Å². The maximum absolute atomic E-state index is 12.8. The van der Waals surface area contributed by atoms with Crippen molar-refractivity contribution in [3.8, 4) is 0 Å². The standard InChI is InChI=1S/C19H30N2O3S/c1-7-17(22)21-11-10-14-12-15(8-9-16(14)21)25(23,24)20-19(5,6)13-18(2,3)4/h8-9,12,20H,7,10-11,13H2,1-6H3. The number of carbonyl (C=O) groups is 1. The Kier molecular flexibility index (Phi) is 5.36. The summed E-state index contributed by atoms with van der Waals surface area (Å²) in [5.41, 5.74) is 1.23. The maximum Gasteiger partial charge on any atom is 0.241 e. The molecule has 0 radical (unpaired) electrons. The molecule has 1 aliphatic rings. The molecular weight excluding hydrogens is 336 g/mol. The monoisotopic (exact) mass is 366 g/mol. The minimum Gasteiger partial charge on any atom is -0.312 e. The summed E-state index contributed by atoms with van der Waals surface area (Å²) in [7, 11) is -3.61. The molecular formula is C19H30N2O3S. The largest absolute Gasteiger partial charge is 0.312 e. The molecule has 0 unspecified atom stereocenters. The number of benzene rings is 1. The number of fused-ring (bicyclic) bond motifs is 1. The van der Waals surface area contributed by atoms with Crippen LogP contribution in [0.25, 0.3) is 0 Å². The van der Waals surface area contributed by atoms with E-state index in [1.165, 1.54) is 0 Å². The summed E-state index contributed by atoms with van der Waals surface area (Å²) >= 11 is 0. The highest BCUT2D eigenvalue weighted by atomic mass is 32.2. The molecule has 140 valence electrons. The maximum atomic E-state index is 12.8. The molecule has 1 aromatic rings. The zero-order valence-electron chi connectivity index (χ0n) is 16.1. The Labute approximate surface area is 151 Å². The molecule has 1 amide bonds. The van der Waals surface area contributed by atoms with Gasteiger partial charge in [0.05, 0.1) is 4.90 Å². The van der Waals surface area contributed by atoms with Crippen LogP contribution in [-0.4, -0.2) is 26.4 Å². The first-order valence-electron chi connectivity index (χ1n) is 8.82. The van der Waals surface area contributed by atoms with E-state index in [4.69, 9.17) is 0 Å². The van der Waals surface area contributed by atoms with Crippen molar-refractivity contribution in [1.29, 1.82) is 0 Å². The summed E-state index contributed by atoms with van der Waals surface area (Å²) in [4.78, 5) is 14.0. The van der Waals surface area contributed by atoms with E-state index >= 15 is 0 Å². The SMILES string of the molecule is CCC(=O)N1CCc2cc(S(=O)(=O)NC(C)(C)CC(C)(C)C)ccc21. The van der Waals surface area contributed by atoms with Crippen molar-refractivity contribution in [2.45, 2.75) is 71.2 Å². The molecule has 0 atom stereocenters. The van der Waals surface area contributed by atoms with E-state index in [0.29, 0.717) is 19.4 Å². The van der Waals surface area contributed by atoms with Crippen LogP contribution in [0.4, 0.5) is 5.69 Å². The molecule has 0 saturated heterocycles. The van der Waals surface area contributed by atoms with Gasteiger partial charge in [-0.3, -0.25) is 4.79 Å². The van der Waals surface area contributed by atoms with Gasteiger partial charge in [0, 0.05) is 24.2 Å². The Bertz CT molecular complexity index is 761. The van der Waals surface area contributed by atoms with Crippen LogP contribution < -0.4 is 9.62 Å². The van der Waals surface area contributed by atoms with Gasteiger partial charge in [0.1, 0.15) is 0 Å². The summed E-state index contributed by atoms with van der Waals surface area (Å²) in [5, 5.41) is 0. The minimum absolute atomic E-state index is 0.0188. The van der Waals surface area contributed by atoms with Gasteiger partial charge < -0.3 is 4.90 Å². The number of amides is 1. The van der Waals surface area contributed by atoms with Crippen molar-refractivity contribution in [1.82, 2.24) is 4.72 Å². The average Bonchev–Trinajstić information content (AvgIpc) is 2.85. The van der Waals surface area contributed by atoms with Gasteiger partial charge in [0.15, 0.2) is 0 Å². The number of nitrogens with one attached hydrogen (secondary N) is 1. The van der Waals surface area contributed by atoms with E-state index < -0.39 is 15.6 Å². The number of sulfonamides is 1. The molecule has 1 heterocycles. The zero-order valence-corrected chi connectivity index (χ0v) is 17.0. The minimum atomic E-state index is -3.61. The van der Waals surface area contributed by atoms with Crippen LogP contribution in [0, 0.1) is 5.41 Å². The molecule has 1 aliphatic heterocycles. The van der Waals surface area contributed by atoms with Gasteiger partial charge in [-0.1, -0.05) is 27.7 Å². The Morgan fingerprint density at radius 2 is 1.84 bits per heavy atom. The van der Waals surface area contributed by atoms with Crippen molar-refractivity contribution in [3.63, 3.8) is 0 Å². The second-order valence-corrected chi connectivity index (χ2v) is 10.3. The van der Waals surface area contributed by atoms with Crippen LogP contribution in [0.15, 0.2) is 23.1 Å². The normalized spacial score (nSPS) is 15.4. The van der Waals surface area contributed by atoms with Crippen LogP contribution in [0.1, 0.15) is 59.9 Å². The number of carbonyl (C=O) groups excluding carboxylic acids is 1. The Morgan fingerprint density at radius 1 is 1.20 bits per heavy atom. The lowest BCUT2D eigenvalue weighted by atomic mass is 9.82. The fourth-order valence-corrected chi connectivity index (χ4v) is 5.24. The second-order valence-electron chi connectivity index (χ2n) is 8.67. The topological polar surface area (TPSA) is 66.5 Å². The fourth-order valence-electron chi connectivity index (χ4n) is 3.78. The van der Waals surface area contributed by atoms with Crippen LogP contribution in [0.3, 0.4) is 0 Å². The number of hydrogen-bond donors (Lipinski definition) is 1. The van der Waals surface area contributed by atoms with E-state index in [1.54, 1.807) is 23.1 Å². The molecule has 5 nitrogen and oxygen atoms in total. The zero-order chi connectivity index (χ0) is 19.0. The van der Waals surface area contributed by atoms with E-state index in [0.717, 1.165) is 17.7 Å². The van der Waals surface area contributed by atoms with Crippen LogP contribution >= 0.6 is 0 Å². The number of anilines is 1. The smallest absolute Gasteiger partial charge is 0.241 e. The van der Waals surface area contributed by atoms with E-state index in [2.05, 4.69) is 25.5 Å². The second kappa shape index (κ2) is 6.72. The fraction of sp³-hybridized carbons (Fsp3) is 0.632. The van der Waals surface area contributed by atoms with Gasteiger partial charge in [-0.15, -0.1) is 0 Å². The molecule has 6 heteroatoms. The third-order valence-electron chi connectivity index (χ3n) is 4.24. The number of nitrogens with zero attached hydrogens (tertiary/aromatic N) is 1. The highest BCUT2D eigenvalue weighted by Gasteiger charge is 2.32. The van der Waals surface area contributed by atoms with Crippen molar-refractivity contribution < 1.29 is 13.2 Å². The van der Waals surface area contributed by atoms with Gasteiger partial charge in [0.25, 0.3) is 0 Å². The summed E-state index contributed by atoms with van der Waals surface area (Å²) in [6, 6.07) is 5.05. The molecule has 0 spiro atoms. The molecule has 0 bridgehead atoms. The van der Waals surface area contributed by atoms with Crippen molar-refractivity contribution in [3.05, 3.63) is 23.8 Å². The van der Waals surface area contributed by atoms with Crippen molar-refractivity contribution >= 4 is 21.6 Å². The van der Waals surface area contributed by atoms with Gasteiger partial charge in [-0.05, 0) is 55.9 Å². The lowest BCUT2D eigenvalue weighted by Crippen LogP contribution is -2.45. The first kappa shape index (κ1) is 19.9. The highest BCUT2D eigenvalue weighted by Crippen LogP contribution is 2.32. The van der Waals surface area contributed by atoms with Gasteiger partial charge in [-0.25, -0.2) is 13.1 Å². The first-order valence-corrected chi connectivity index (χ1v) is 10.3. The highest BCUT2D eigenvalue weighted by molar-refractivity contribution is 7.89. The van der Waals surface area contributed by atoms with Gasteiger partial charge >= 0.3 is 0 Å². The van der Waals surface area contributed by atoms with E-state index in [-0.39, 0.29) is 16.2 Å². The molecule has 2 rings (SSSR count). The van der Waals surface area contributed by atoms with Crippen molar-refractivity contribution in [2.75, 3.05) is 11.4 Å². The Morgan fingerprint density at radius 3 is 2.40 bits per heavy atom. The lowest BCUT2D eigenvalue weighted by Gasteiger charge is -2.33. The first-order chi connectivity index (χ1) is 11.3. The van der Waals surface area contributed by atoms with Crippen LogP contribution in [0.2, 0.25) is 0 Å². The number of rotatable bonds is 5. The molecule has 25 heavy (non-hydrogen) atoms. The average molecular weight is 367 g/mol. The summed E-state index contributed by atoms with van der Waals surface area (Å²) in [5.74, 6) is 0.0683. The summed E-state index contributed by atoms with van der Waals surface area (Å²) in [6.07, 6.45) is 1.86. The molecule has 0 saturated carbocycles. The summed E-state index contributed by atoms with van der Waals surface area (Å²) < 4.78 is 28.5. The van der Waals surface area contributed by atoms with E-state index in [1.807, 2.05) is 20.8 Å². The predicted molar refractivity (Wildman–Crippen MR) is 101 cm³/mol. The van der Waals surface area contributed by atoms with Gasteiger partial charge in [-0.2, -0.15) is 0 Å². The number of hydrogen-bond acceptors (Lipinski definition) is 3. The van der Waals surface area contributed by atoms with Crippen LogP contribution in [-0.2, 0) is 21.2 Å². The molecule has 0 fully saturated rings. The molecule has 0 aromatic heterocycles. The molecule has 1 N–H and O–H groups in total. The van der Waals surface area contributed by atoms with Crippen molar-refractivity contribution in [2.24, 2.45) is 5.41 Å². The predicted octanol–water partition coefficient (Wildman–Crippen LogP) is 3.48. The lowest BCUT2D eigenvalue weighted by molar-refractivity contribution is -0.118. The third-order valence-corrected chi connectivity index (χ3v) is 5.94. The Hall–Kier alpha value is -1.40. The Balaban J connectivity index is 2.26.